The fourth-order valence-electron chi connectivity index (χ4n) is 2.68. The number of halogens is 1. The van der Waals surface area contributed by atoms with Crippen LogP contribution in [0.15, 0.2) is 60.7 Å². The molecule has 0 bridgehead atoms. The van der Waals surface area contributed by atoms with E-state index in [9.17, 15) is 9.18 Å². The summed E-state index contributed by atoms with van der Waals surface area (Å²) in [6, 6.07) is 17.3. The summed E-state index contributed by atoms with van der Waals surface area (Å²) in [4.78, 5) is 22.3. The number of carbonyl (C=O) groups is 1. The Morgan fingerprint density at radius 1 is 1.00 bits per heavy atom. The lowest BCUT2D eigenvalue weighted by Crippen LogP contribution is -2.13. The monoisotopic (exact) mass is 363 g/mol. The van der Waals surface area contributed by atoms with Crippen molar-refractivity contribution in [1.29, 1.82) is 0 Å². The molecule has 128 valence electrons. The van der Waals surface area contributed by atoms with Gasteiger partial charge in [0.2, 0.25) is 0 Å². The average molecular weight is 363 g/mol. The van der Waals surface area contributed by atoms with Gasteiger partial charge in [-0.25, -0.2) is 14.4 Å². The molecule has 0 aliphatic heterocycles. The van der Waals surface area contributed by atoms with Crippen LogP contribution >= 0.6 is 11.3 Å². The minimum absolute atomic E-state index is 0.294. The number of benzene rings is 2. The summed E-state index contributed by atoms with van der Waals surface area (Å²) in [6.07, 6.45) is 0. The SMILES string of the molecule is Cc1sc(NC(=O)c2ccc3ccccc3n2)nc1-c1ccc(F)cc1. The van der Waals surface area contributed by atoms with Gasteiger partial charge in [0.25, 0.3) is 5.91 Å². The number of amides is 1. The number of anilines is 1. The van der Waals surface area contributed by atoms with E-state index in [-0.39, 0.29) is 11.7 Å². The van der Waals surface area contributed by atoms with Crippen molar-refractivity contribution in [1.82, 2.24) is 9.97 Å². The maximum absolute atomic E-state index is 13.1. The van der Waals surface area contributed by atoms with Crippen molar-refractivity contribution >= 4 is 33.3 Å². The van der Waals surface area contributed by atoms with E-state index in [1.165, 1.54) is 23.5 Å². The molecule has 6 heteroatoms. The Hall–Kier alpha value is -3.12. The van der Waals surface area contributed by atoms with Crippen molar-refractivity contribution in [2.45, 2.75) is 6.92 Å². The molecule has 0 saturated carbocycles. The van der Waals surface area contributed by atoms with Gasteiger partial charge in [0.15, 0.2) is 5.13 Å². The van der Waals surface area contributed by atoms with Gasteiger partial charge in [0.05, 0.1) is 11.2 Å². The van der Waals surface area contributed by atoms with Crippen molar-refractivity contribution in [3.63, 3.8) is 0 Å². The molecule has 2 aromatic carbocycles. The minimum atomic E-state index is -0.310. The van der Waals surface area contributed by atoms with Crippen LogP contribution in [0.2, 0.25) is 0 Å². The second kappa shape index (κ2) is 6.65. The van der Waals surface area contributed by atoms with Crippen molar-refractivity contribution in [3.8, 4) is 11.3 Å². The number of rotatable bonds is 3. The Morgan fingerprint density at radius 2 is 1.77 bits per heavy atom. The predicted molar refractivity (Wildman–Crippen MR) is 102 cm³/mol. The number of para-hydroxylation sites is 1. The third-order valence-electron chi connectivity index (χ3n) is 3.97. The Balaban J connectivity index is 1.59. The van der Waals surface area contributed by atoms with Gasteiger partial charge in [-0.05, 0) is 43.3 Å². The van der Waals surface area contributed by atoms with Crippen LogP contribution in [0.25, 0.3) is 22.2 Å². The lowest BCUT2D eigenvalue weighted by molar-refractivity contribution is 0.102. The highest BCUT2D eigenvalue weighted by Gasteiger charge is 2.14. The van der Waals surface area contributed by atoms with E-state index >= 15 is 0 Å². The highest BCUT2D eigenvalue weighted by Crippen LogP contribution is 2.30. The van der Waals surface area contributed by atoms with E-state index in [4.69, 9.17) is 0 Å². The first-order valence-corrected chi connectivity index (χ1v) is 8.82. The molecule has 0 atom stereocenters. The summed E-state index contributed by atoms with van der Waals surface area (Å²) in [6.45, 7) is 1.92. The van der Waals surface area contributed by atoms with Crippen LogP contribution in [0.1, 0.15) is 15.4 Å². The smallest absolute Gasteiger partial charge is 0.276 e. The number of hydrogen-bond acceptors (Lipinski definition) is 4. The molecule has 0 unspecified atom stereocenters. The Bertz CT molecular complexity index is 1110. The van der Waals surface area contributed by atoms with Crippen LogP contribution in [-0.4, -0.2) is 15.9 Å². The Kier molecular flexibility index (Phi) is 4.18. The molecule has 4 nitrogen and oxygen atoms in total. The number of nitrogens with zero attached hydrogens (tertiary/aromatic N) is 2. The molecule has 4 rings (SSSR count). The molecular weight excluding hydrogens is 349 g/mol. The first kappa shape index (κ1) is 16.4. The number of thiazole rings is 1. The van der Waals surface area contributed by atoms with E-state index in [1.54, 1.807) is 18.2 Å². The summed E-state index contributed by atoms with van der Waals surface area (Å²) in [7, 11) is 0. The number of pyridine rings is 1. The molecule has 0 fully saturated rings. The topological polar surface area (TPSA) is 54.9 Å². The van der Waals surface area contributed by atoms with E-state index in [1.807, 2.05) is 37.3 Å². The van der Waals surface area contributed by atoms with E-state index in [0.717, 1.165) is 27.0 Å². The van der Waals surface area contributed by atoms with Crippen LogP contribution in [0, 0.1) is 12.7 Å². The Morgan fingerprint density at radius 3 is 2.58 bits per heavy atom. The van der Waals surface area contributed by atoms with Crippen LogP contribution < -0.4 is 5.32 Å². The van der Waals surface area contributed by atoms with Crippen LogP contribution in [0.4, 0.5) is 9.52 Å². The standard InChI is InChI=1S/C20H14FN3OS/c1-12-18(14-6-9-15(21)10-7-14)23-20(26-12)24-19(25)17-11-8-13-4-2-3-5-16(13)22-17/h2-11H,1H3,(H,23,24,25). The molecule has 0 radical (unpaired) electrons. The highest BCUT2D eigenvalue weighted by atomic mass is 32.1. The number of nitrogens with one attached hydrogen (secondary N) is 1. The van der Waals surface area contributed by atoms with Crippen LogP contribution in [0.5, 0.6) is 0 Å². The maximum Gasteiger partial charge on any atom is 0.276 e. The summed E-state index contributed by atoms with van der Waals surface area (Å²) in [5.41, 5.74) is 2.64. The Labute approximate surface area is 153 Å². The zero-order chi connectivity index (χ0) is 18.1. The fourth-order valence-corrected chi connectivity index (χ4v) is 3.51. The van der Waals surface area contributed by atoms with Gasteiger partial charge in [-0.3, -0.25) is 10.1 Å². The summed E-state index contributed by atoms with van der Waals surface area (Å²) < 4.78 is 13.1. The quantitative estimate of drug-likeness (QED) is 0.554. The summed E-state index contributed by atoms with van der Waals surface area (Å²) in [5.74, 6) is -0.604. The molecule has 0 aliphatic rings. The normalized spacial score (nSPS) is 10.8. The zero-order valence-electron chi connectivity index (χ0n) is 13.9. The molecule has 0 spiro atoms. The molecule has 0 aliphatic carbocycles. The van der Waals surface area contributed by atoms with Gasteiger partial charge in [-0.15, -0.1) is 11.3 Å². The number of carbonyl (C=O) groups excluding carboxylic acids is 1. The maximum atomic E-state index is 13.1. The first-order chi connectivity index (χ1) is 12.6. The molecule has 2 aromatic heterocycles. The third kappa shape index (κ3) is 3.19. The summed E-state index contributed by atoms with van der Waals surface area (Å²) >= 11 is 1.38. The van der Waals surface area contributed by atoms with Crippen molar-refractivity contribution in [2.24, 2.45) is 0 Å². The van der Waals surface area contributed by atoms with E-state index in [0.29, 0.717) is 10.8 Å². The highest BCUT2D eigenvalue weighted by molar-refractivity contribution is 7.16. The molecule has 1 amide bonds. The van der Waals surface area contributed by atoms with Crippen molar-refractivity contribution < 1.29 is 9.18 Å². The van der Waals surface area contributed by atoms with Crippen molar-refractivity contribution in [3.05, 3.63) is 77.1 Å². The number of hydrogen-bond donors (Lipinski definition) is 1. The largest absolute Gasteiger partial charge is 0.296 e. The van der Waals surface area contributed by atoms with Crippen molar-refractivity contribution in [2.75, 3.05) is 5.32 Å². The molecule has 4 aromatic rings. The molecule has 0 saturated heterocycles. The van der Waals surface area contributed by atoms with E-state index in [2.05, 4.69) is 15.3 Å². The van der Waals surface area contributed by atoms with Gasteiger partial charge in [0.1, 0.15) is 11.5 Å². The predicted octanol–water partition coefficient (Wildman–Crippen LogP) is 5.06. The second-order valence-corrected chi connectivity index (χ2v) is 6.98. The van der Waals surface area contributed by atoms with Crippen LogP contribution in [-0.2, 0) is 0 Å². The van der Waals surface area contributed by atoms with Crippen LogP contribution in [0.3, 0.4) is 0 Å². The van der Waals surface area contributed by atoms with Gasteiger partial charge >= 0.3 is 0 Å². The number of aromatic nitrogens is 2. The zero-order valence-corrected chi connectivity index (χ0v) is 14.7. The third-order valence-corrected chi connectivity index (χ3v) is 4.85. The van der Waals surface area contributed by atoms with Gasteiger partial charge in [0, 0.05) is 15.8 Å². The number of aryl methyl sites for hydroxylation is 1. The molecule has 26 heavy (non-hydrogen) atoms. The molecular formula is C20H14FN3OS. The average Bonchev–Trinajstić information content (AvgIpc) is 3.02. The lowest BCUT2D eigenvalue weighted by Gasteiger charge is -2.03. The van der Waals surface area contributed by atoms with E-state index < -0.39 is 0 Å². The number of fused-ring (bicyclic) bond motifs is 1. The van der Waals surface area contributed by atoms with Gasteiger partial charge in [-0.1, -0.05) is 24.3 Å². The molecule has 2 heterocycles. The lowest BCUT2D eigenvalue weighted by atomic mass is 10.1. The second-order valence-electron chi connectivity index (χ2n) is 5.77. The summed E-state index contributed by atoms with van der Waals surface area (Å²) in [5, 5.41) is 4.26. The first-order valence-electron chi connectivity index (χ1n) is 8.01. The van der Waals surface area contributed by atoms with Gasteiger partial charge in [-0.2, -0.15) is 0 Å². The van der Waals surface area contributed by atoms with Gasteiger partial charge < -0.3 is 0 Å². The minimum Gasteiger partial charge on any atom is -0.296 e. The fraction of sp³-hybridized carbons (Fsp3) is 0.0500. The molecule has 1 N–H and O–H groups in total.